The van der Waals surface area contributed by atoms with Crippen LogP contribution in [-0.4, -0.2) is 36.3 Å². The number of nitrogens with two attached hydrogens (primary N) is 1. The van der Waals surface area contributed by atoms with Crippen LogP contribution in [0.5, 0.6) is 11.5 Å². The van der Waals surface area contributed by atoms with Gasteiger partial charge in [0.1, 0.15) is 46.7 Å². The molecule has 0 bridgehead atoms. The number of nitro benzene ring substituents is 2. The molecule has 38 heavy (non-hydrogen) atoms. The Morgan fingerprint density at radius 1 is 0.763 bits per heavy atom. The van der Waals surface area contributed by atoms with E-state index in [4.69, 9.17) is 36.1 Å². The third-order valence-electron chi connectivity index (χ3n) is 4.18. The molecule has 14 heteroatoms. The Hall–Kier alpha value is -5.78. The predicted octanol–water partition coefficient (Wildman–Crippen LogP) is 3.84. The molecule has 0 aliphatic rings. The molecule has 3 aromatic rings. The summed E-state index contributed by atoms with van der Waals surface area (Å²) in [6.07, 6.45) is 0. The van der Waals surface area contributed by atoms with Crippen molar-refractivity contribution >= 4 is 17.1 Å². The van der Waals surface area contributed by atoms with Crippen LogP contribution < -0.4 is 15.2 Å². The van der Waals surface area contributed by atoms with E-state index in [1.54, 1.807) is 31.4 Å². The van der Waals surface area contributed by atoms with Gasteiger partial charge < -0.3 is 20.3 Å². The van der Waals surface area contributed by atoms with Crippen LogP contribution in [0.25, 0.3) is 0 Å². The van der Waals surface area contributed by atoms with Crippen molar-refractivity contribution in [1.82, 2.24) is 0 Å². The van der Waals surface area contributed by atoms with Gasteiger partial charge in [0.2, 0.25) is 0 Å². The summed E-state index contributed by atoms with van der Waals surface area (Å²) in [5.41, 5.74) is 5.56. The van der Waals surface area contributed by atoms with Crippen LogP contribution >= 0.6 is 0 Å². The number of benzene rings is 3. The van der Waals surface area contributed by atoms with Gasteiger partial charge in [0, 0.05) is 31.0 Å². The van der Waals surface area contributed by atoms with E-state index < -0.39 is 15.7 Å². The number of methoxy groups -OCH3 is 2. The number of halogens is 1. The second kappa shape index (κ2) is 16.8. The molecule has 0 saturated carbocycles. The maximum absolute atomic E-state index is 12.4. The van der Waals surface area contributed by atoms with Crippen LogP contribution in [0.4, 0.5) is 21.5 Å². The fourth-order valence-electron chi connectivity index (χ4n) is 2.41. The van der Waals surface area contributed by atoms with Crippen molar-refractivity contribution in [2.75, 3.05) is 27.1 Å². The Kier molecular flexibility index (Phi) is 14.2. The maximum Gasteiger partial charge on any atom is 0.287 e. The normalized spacial score (nSPS) is 8.58. The van der Waals surface area contributed by atoms with Crippen LogP contribution in [0.2, 0.25) is 0 Å². The summed E-state index contributed by atoms with van der Waals surface area (Å²) in [5, 5.41) is 53.1. The molecule has 0 amide bonds. The number of nitro groups is 2. The van der Waals surface area contributed by atoms with Gasteiger partial charge in [-0.1, -0.05) is 0 Å². The average Bonchev–Trinajstić information content (AvgIpc) is 2.94. The molecule has 3 aromatic carbocycles. The van der Waals surface area contributed by atoms with Gasteiger partial charge in [0.05, 0.1) is 29.6 Å². The minimum Gasteiger partial charge on any atom is -0.497 e. The van der Waals surface area contributed by atoms with Crippen LogP contribution in [0, 0.1) is 60.0 Å². The van der Waals surface area contributed by atoms with Crippen molar-refractivity contribution in [2.45, 2.75) is 0 Å². The molecule has 0 heterocycles. The lowest BCUT2D eigenvalue weighted by molar-refractivity contribution is -0.385. The van der Waals surface area contributed by atoms with Crippen molar-refractivity contribution < 1.29 is 28.8 Å². The zero-order chi connectivity index (χ0) is 29.3. The summed E-state index contributed by atoms with van der Waals surface area (Å²) < 4.78 is 22.1. The van der Waals surface area contributed by atoms with Crippen molar-refractivity contribution in [3.8, 4) is 29.7 Å². The second-order valence-electron chi connectivity index (χ2n) is 6.35. The SMILES string of the molecule is CO.COc1ccc(N)c(C#N)c1.COc1ccc([N+](=O)[O-])c(C#N)c1.N#Cc1cc(F)ccc1[N+](=O)[O-]. The van der Waals surface area contributed by atoms with E-state index >= 15 is 0 Å². The monoisotopic (exact) mass is 524 g/mol. The fraction of sp³-hybridized carbons (Fsp3) is 0.125. The first-order chi connectivity index (χ1) is 18.1. The van der Waals surface area contributed by atoms with Crippen molar-refractivity contribution in [3.63, 3.8) is 0 Å². The predicted molar refractivity (Wildman–Crippen MR) is 132 cm³/mol. The largest absolute Gasteiger partial charge is 0.497 e. The highest BCUT2D eigenvalue weighted by Crippen LogP contribution is 2.23. The number of nitriles is 3. The first kappa shape index (κ1) is 32.2. The zero-order valence-electron chi connectivity index (χ0n) is 20.3. The van der Waals surface area contributed by atoms with Gasteiger partial charge in [-0.25, -0.2) is 4.39 Å². The number of nitrogens with zero attached hydrogens (tertiary/aromatic N) is 5. The van der Waals surface area contributed by atoms with Gasteiger partial charge in [-0.3, -0.25) is 20.2 Å². The second-order valence-corrected chi connectivity index (χ2v) is 6.35. The van der Waals surface area contributed by atoms with Gasteiger partial charge in [0.25, 0.3) is 11.4 Å². The summed E-state index contributed by atoms with van der Waals surface area (Å²) >= 11 is 0. The summed E-state index contributed by atoms with van der Waals surface area (Å²) in [4.78, 5) is 19.3. The Labute approximate surface area is 216 Å². The number of ether oxygens (including phenoxy) is 2. The van der Waals surface area contributed by atoms with Crippen molar-refractivity contribution in [1.29, 1.82) is 15.8 Å². The standard InChI is InChI=1S/C8H6N2O3.C8H8N2O.C7H3FN2O2.CH4O/c1-13-7-2-3-8(10(11)12)6(4-7)5-9;1-11-7-2-3-8(10)6(4-7)5-9;8-6-1-2-7(10(11)12)5(3-6)4-9;1-2/h2-4H,1H3;2-4H,10H2,1H3;1-3H;2H,1H3. The number of hydrogen-bond donors (Lipinski definition) is 2. The molecular formula is C24H21FN6O7. The first-order valence-electron chi connectivity index (χ1n) is 9.96. The molecular weight excluding hydrogens is 503 g/mol. The molecule has 3 rings (SSSR count). The number of aliphatic hydroxyl groups excluding tert-OH is 1. The lowest BCUT2D eigenvalue weighted by atomic mass is 10.2. The lowest BCUT2D eigenvalue weighted by Crippen LogP contribution is -1.93. The van der Waals surface area contributed by atoms with Gasteiger partial charge in [-0.15, -0.1) is 0 Å². The van der Waals surface area contributed by atoms with E-state index in [1.165, 1.54) is 31.4 Å². The highest BCUT2D eigenvalue weighted by Gasteiger charge is 2.14. The van der Waals surface area contributed by atoms with Crippen LogP contribution in [0.3, 0.4) is 0 Å². The van der Waals surface area contributed by atoms with E-state index in [-0.39, 0.29) is 22.5 Å². The van der Waals surface area contributed by atoms with E-state index in [0.29, 0.717) is 22.7 Å². The number of nitrogen functional groups attached to an aromatic ring is 1. The topological polar surface area (TPSA) is 222 Å². The summed E-state index contributed by atoms with van der Waals surface area (Å²) in [6, 6.07) is 17.0. The third-order valence-corrected chi connectivity index (χ3v) is 4.18. The molecule has 0 unspecified atom stereocenters. The van der Waals surface area contributed by atoms with Gasteiger partial charge in [-0.05, 0) is 36.4 Å². The molecule has 0 aliphatic carbocycles. The third kappa shape index (κ3) is 9.84. The molecule has 196 valence electrons. The Morgan fingerprint density at radius 3 is 1.58 bits per heavy atom. The summed E-state index contributed by atoms with van der Waals surface area (Å²) in [6.45, 7) is 0. The van der Waals surface area contributed by atoms with E-state index in [1.807, 2.05) is 6.07 Å². The Balaban J connectivity index is 0.000000524. The van der Waals surface area contributed by atoms with E-state index in [0.717, 1.165) is 25.3 Å². The summed E-state index contributed by atoms with van der Waals surface area (Å²) in [5.74, 6) is 0.426. The maximum atomic E-state index is 12.4. The highest BCUT2D eigenvalue weighted by atomic mass is 19.1. The molecule has 13 nitrogen and oxygen atoms in total. The van der Waals surface area contributed by atoms with E-state index in [2.05, 4.69) is 0 Å². The van der Waals surface area contributed by atoms with E-state index in [9.17, 15) is 24.6 Å². The van der Waals surface area contributed by atoms with Crippen LogP contribution in [0.15, 0.2) is 54.6 Å². The summed E-state index contributed by atoms with van der Waals surface area (Å²) in [7, 11) is 3.98. The molecule has 0 aliphatic heterocycles. The Morgan fingerprint density at radius 2 is 1.16 bits per heavy atom. The number of rotatable bonds is 4. The number of hydrogen-bond acceptors (Lipinski definition) is 11. The van der Waals surface area contributed by atoms with Crippen LogP contribution in [0.1, 0.15) is 16.7 Å². The quantitative estimate of drug-likeness (QED) is 0.283. The number of anilines is 1. The Bertz CT molecular complexity index is 1390. The molecule has 3 N–H and O–H groups in total. The highest BCUT2D eigenvalue weighted by molar-refractivity contribution is 5.56. The average molecular weight is 524 g/mol. The van der Waals surface area contributed by atoms with Gasteiger partial charge >= 0.3 is 0 Å². The molecule has 0 radical (unpaired) electrons. The zero-order valence-corrected chi connectivity index (χ0v) is 20.3. The smallest absolute Gasteiger partial charge is 0.287 e. The number of aliphatic hydroxyl groups is 1. The molecule has 0 spiro atoms. The van der Waals surface area contributed by atoms with Gasteiger partial charge in [0.15, 0.2) is 0 Å². The van der Waals surface area contributed by atoms with Crippen molar-refractivity contribution in [2.24, 2.45) is 0 Å². The van der Waals surface area contributed by atoms with Crippen molar-refractivity contribution in [3.05, 3.63) is 97.3 Å². The lowest BCUT2D eigenvalue weighted by Gasteiger charge is -2.00. The van der Waals surface area contributed by atoms with Crippen LogP contribution in [-0.2, 0) is 0 Å². The molecule has 0 fully saturated rings. The molecule has 0 aromatic heterocycles. The molecule has 0 saturated heterocycles. The minimum absolute atomic E-state index is 0.00403. The molecule has 0 atom stereocenters. The minimum atomic E-state index is -0.724. The first-order valence-corrected chi connectivity index (χ1v) is 9.96. The fourth-order valence-corrected chi connectivity index (χ4v) is 2.41. The van der Waals surface area contributed by atoms with Gasteiger partial charge in [-0.2, -0.15) is 15.8 Å².